The summed E-state index contributed by atoms with van der Waals surface area (Å²) in [5, 5.41) is 2.68. The molecule has 138 valence electrons. The predicted octanol–water partition coefficient (Wildman–Crippen LogP) is 0.680. The first-order chi connectivity index (χ1) is 11.7. The Morgan fingerprint density at radius 2 is 1.60 bits per heavy atom. The van der Waals surface area contributed by atoms with Crippen molar-refractivity contribution in [2.75, 3.05) is 26.2 Å². The lowest BCUT2D eigenvalue weighted by Crippen LogP contribution is -2.56. The minimum Gasteiger partial charge on any atom is -0.344 e. The Morgan fingerprint density at radius 3 is 2.08 bits per heavy atom. The van der Waals surface area contributed by atoms with Gasteiger partial charge in [0.1, 0.15) is 6.04 Å². The molecule has 1 atom stereocenters. The van der Waals surface area contributed by atoms with E-state index in [1.54, 1.807) is 35.2 Å². The fourth-order valence-corrected chi connectivity index (χ4v) is 4.26. The van der Waals surface area contributed by atoms with Crippen LogP contribution in [0.15, 0.2) is 35.2 Å². The van der Waals surface area contributed by atoms with Gasteiger partial charge in [-0.25, -0.2) is 8.42 Å². The number of carbonyl (C=O) groups excluding carboxylic acids is 2. The smallest absolute Gasteiger partial charge is 0.245 e. The molecular weight excluding hydrogens is 342 g/mol. The minimum atomic E-state index is -3.54. The van der Waals surface area contributed by atoms with Crippen molar-refractivity contribution < 1.29 is 18.0 Å². The third-order valence-corrected chi connectivity index (χ3v) is 6.14. The van der Waals surface area contributed by atoms with Crippen molar-refractivity contribution in [3.8, 4) is 0 Å². The van der Waals surface area contributed by atoms with Gasteiger partial charge in [0.15, 0.2) is 0 Å². The molecule has 25 heavy (non-hydrogen) atoms. The zero-order chi connectivity index (χ0) is 18.6. The van der Waals surface area contributed by atoms with Gasteiger partial charge in [-0.05, 0) is 18.1 Å². The number of benzene rings is 1. The highest BCUT2D eigenvalue weighted by Gasteiger charge is 2.33. The van der Waals surface area contributed by atoms with E-state index < -0.39 is 16.1 Å². The lowest BCUT2D eigenvalue weighted by Gasteiger charge is -2.36. The van der Waals surface area contributed by atoms with Crippen LogP contribution in [0.4, 0.5) is 0 Å². The largest absolute Gasteiger partial charge is 0.344 e. The highest BCUT2D eigenvalue weighted by molar-refractivity contribution is 7.89. The standard InChI is InChI=1S/C17H25N3O4S/c1-13(2)16(18-14(3)21)17(22)19-9-11-20(12-10-19)25(23,24)15-7-5-4-6-8-15/h4-8,13,16H,9-12H2,1-3H3,(H,18,21). The van der Waals surface area contributed by atoms with E-state index in [0.29, 0.717) is 13.1 Å². The molecule has 2 rings (SSSR count). The lowest BCUT2D eigenvalue weighted by atomic mass is 10.0. The van der Waals surface area contributed by atoms with Crippen molar-refractivity contribution in [3.05, 3.63) is 30.3 Å². The molecule has 0 bridgehead atoms. The van der Waals surface area contributed by atoms with Gasteiger partial charge < -0.3 is 10.2 Å². The average molecular weight is 367 g/mol. The van der Waals surface area contributed by atoms with E-state index in [9.17, 15) is 18.0 Å². The second-order valence-corrected chi connectivity index (χ2v) is 8.40. The van der Waals surface area contributed by atoms with E-state index >= 15 is 0 Å². The summed E-state index contributed by atoms with van der Waals surface area (Å²) in [5.41, 5.74) is 0. The Morgan fingerprint density at radius 1 is 1.04 bits per heavy atom. The molecule has 1 aliphatic rings. The van der Waals surface area contributed by atoms with E-state index in [-0.39, 0.29) is 35.7 Å². The first kappa shape index (κ1) is 19.4. The number of rotatable bonds is 5. The Bertz CT molecular complexity index is 711. The first-order valence-corrected chi connectivity index (χ1v) is 9.78. The molecule has 0 aromatic heterocycles. The monoisotopic (exact) mass is 367 g/mol. The van der Waals surface area contributed by atoms with E-state index in [2.05, 4.69) is 5.32 Å². The molecule has 1 aromatic carbocycles. The van der Waals surface area contributed by atoms with Crippen LogP contribution in [0.1, 0.15) is 20.8 Å². The quantitative estimate of drug-likeness (QED) is 0.829. The number of amides is 2. The second kappa shape index (κ2) is 7.97. The van der Waals surface area contributed by atoms with Gasteiger partial charge in [-0.1, -0.05) is 32.0 Å². The van der Waals surface area contributed by atoms with Gasteiger partial charge in [0.25, 0.3) is 0 Å². The fourth-order valence-electron chi connectivity index (χ4n) is 2.82. The van der Waals surface area contributed by atoms with Gasteiger partial charge in [0.2, 0.25) is 21.8 Å². The molecule has 2 amide bonds. The van der Waals surface area contributed by atoms with E-state index in [0.717, 1.165) is 0 Å². The molecule has 8 heteroatoms. The van der Waals surface area contributed by atoms with Gasteiger partial charge >= 0.3 is 0 Å². The number of hydrogen-bond acceptors (Lipinski definition) is 4. The summed E-state index contributed by atoms with van der Waals surface area (Å²) in [5.74, 6) is -0.457. The van der Waals surface area contributed by atoms with Crippen molar-refractivity contribution >= 4 is 21.8 Å². The number of sulfonamides is 1. The summed E-state index contributed by atoms with van der Waals surface area (Å²) in [6.45, 7) is 6.24. The van der Waals surface area contributed by atoms with E-state index in [1.165, 1.54) is 11.2 Å². The zero-order valence-electron chi connectivity index (χ0n) is 14.8. The van der Waals surface area contributed by atoms with Crippen LogP contribution in [0.2, 0.25) is 0 Å². The van der Waals surface area contributed by atoms with Gasteiger partial charge in [-0.15, -0.1) is 0 Å². The summed E-state index contributed by atoms with van der Waals surface area (Å²) in [7, 11) is -3.54. The number of nitrogens with zero attached hydrogens (tertiary/aromatic N) is 2. The van der Waals surface area contributed by atoms with Crippen LogP contribution in [-0.2, 0) is 19.6 Å². The minimum absolute atomic E-state index is 0.0394. The molecule has 0 spiro atoms. The van der Waals surface area contributed by atoms with Crippen LogP contribution in [0, 0.1) is 5.92 Å². The Balaban J connectivity index is 2.03. The van der Waals surface area contributed by atoms with Crippen LogP contribution in [0.3, 0.4) is 0 Å². The fraction of sp³-hybridized carbons (Fsp3) is 0.529. The zero-order valence-corrected chi connectivity index (χ0v) is 15.6. The van der Waals surface area contributed by atoms with Crippen molar-refractivity contribution in [3.63, 3.8) is 0 Å². The van der Waals surface area contributed by atoms with Crippen molar-refractivity contribution in [2.24, 2.45) is 5.92 Å². The Kier molecular flexibility index (Phi) is 6.18. The molecule has 1 heterocycles. The lowest BCUT2D eigenvalue weighted by molar-refractivity contribution is -0.138. The predicted molar refractivity (Wildman–Crippen MR) is 94.2 cm³/mol. The van der Waals surface area contributed by atoms with E-state index in [1.807, 2.05) is 13.8 Å². The number of carbonyl (C=O) groups is 2. The second-order valence-electron chi connectivity index (χ2n) is 6.46. The highest BCUT2D eigenvalue weighted by atomic mass is 32.2. The average Bonchev–Trinajstić information content (AvgIpc) is 2.59. The maximum Gasteiger partial charge on any atom is 0.245 e. The molecule has 1 N–H and O–H groups in total. The summed E-state index contributed by atoms with van der Waals surface area (Å²) in [6, 6.07) is 7.69. The maximum absolute atomic E-state index is 12.6. The molecule has 0 aliphatic carbocycles. The van der Waals surface area contributed by atoms with Crippen LogP contribution in [-0.4, -0.2) is 61.7 Å². The van der Waals surface area contributed by atoms with Gasteiger partial charge in [-0.2, -0.15) is 4.31 Å². The van der Waals surface area contributed by atoms with Gasteiger partial charge in [-0.3, -0.25) is 9.59 Å². The Labute approximate surface area is 149 Å². The molecule has 1 aliphatic heterocycles. The highest BCUT2D eigenvalue weighted by Crippen LogP contribution is 2.18. The van der Waals surface area contributed by atoms with Crippen LogP contribution >= 0.6 is 0 Å². The van der Waals surface area contributed by atoms with Gasteiger partial charge in [0.05, 0.1) is 4.90 Å². The molecule has 1 saturated heterocycles. The number of hydrogen-bond donors (Lipinski definition) is 1. The van der Waals surface area contributed by atoms with Crippen molar-refractivity contribution in [1.29, 1.82) is 0 Å². The molecule has 0 saturated carbocycles. The van der Waals surface area contributed by atoms with Crippen molar-refractivity contribution in [2.45, 2.75) is 31.7 Å². The third-order valence-electron chi connectivity index (χ3n) is 4.22. The van der Waals surface area contributed by atoms with Crippen molar-refractivity contribution in [1.82, 2.24) is 14.5 Å². The summed E-state index contributed by atoms with van der Waals surface area (Å²) >= 11 is 0. The topological polar surface area (TPSA) is 86.8 Å². The molecule has 1 aromatic rings. The first-order valence-electron chi connectivity index (χ1n) is 8.34. The molecular formula is C17H25N3O4S. The SMILES string of the molecule is CC(=O)NC(C(=O)N1CCN(S(=O)(=O)c2ccccc2)CC1)C(C)C. The molecule has 1 unspecified atom stereocenters. The molecule has 0 radical (unpaired) electrons. The van der Waals surface area contributed by atoms with E-state index in [4.69, 9.17) is 0 Å². The molecule has 7 nitrogen and oxygen atoms in total. The summed E-state index contributed by atoms with van der Waals surface area (Å²) < 4.78 is 26.6. The van der Waals surface area contributed by atoms with Crippen LogP contribution in [0.25, 0.3) is 0 Å². The third kappa shape index (κ3) is 4.58. The summed E-state index contributed by atoms with van der Waals surface area (Å²) in [6.07, 6.45) is 0. The molecule has 1 fully saturated rings. The number of nitrogens with one attached hydrogen (secondary N) is 1. The number of piperazine rings is 1. The maximum atomic E-state index is 12.6. The normalized spacial score (nSPS) is 17.4. The van der Waals surface area contributed by atoms with Crippen LogP contribution < -0.4 is 5.32 Å². The van der Waals surface area contributed by atoms with Crippen LogP contribution in [0.5, 0.6) is 0 Å². The summed E-state index contributed by atoms with van der Waals surface area (Å²) in [4.78, 5) is 25.8. The van der Waals surface area contributed by atoms with Gasteiger partial charge in [0, 0.05) is 33.1 Å². The Hall–Kier alpha value is -1.93.